The number of aryl methyl sites for hydroxylation is 1. The number of ether oxygens (including phenoxy) is 1. The molecule has 0 saturated heterocycles. The molecule has 0 saturated carbocycles. The fraction of sp³-hybridized carbons (Fsp3) is 0.444. The van der Waals surface area contributed by atoms with Crippen LogP contribution >= 0.6 is 0 Å². The predicted octanol–water partition coefficient (Wildman–Crippen LogP) is 2.13. The molecule has 0 spiro atoms. The molecule has 1 heterocycles. The number of phenolic OH excluding ortho intramolecular Hbond substituents is 1. The average molecular weight is 345 g/mol. The highest BCUT2D eigenvalue weighted by molar-refractivity contribution is 5.79. The number of benzene rings is 1. The van der Waals surface area contributed by atoms with Gasteiger partial charge in [0.2, 0.25) is 0 Å². The van der Waals surface area contributed by atoms with Crippen LogP contribution < -0.4 is 15.4 Å². The standard InChI is InChI=1S/C18H27N5O2/c1-3-19-18(20-9-5-11-23-12-6-10-22-23)21-14-15-7-8-16(24)17(13-15)25-4-2/h6-8,10,12-13,24H,3-5,9,11,14H2,1-2H3,(H2,19,20,21). The van der Waals surface area contributed by atoms with Crippen molar-refractivity contribution in [2.75, 3.05) is 19.7 Å². The number of rotatable bonds is 9. The molecule has 0 fully saturated rings. The summed E-state index contributed by atoms with van der Waals surface area (Å²) < 4.78 is 7.32. The van der Waals surface area contributed by atoms with Crippen LogP contribution in [0.3, 0.4) is 0 Å². The van der Waals surface area contributed by atoms with Crippen molar-refractivity contribution in [3.8, 4) is 11.5 Å². The highest BCUT2D eigenvalue weighted by Gasteiger charge is 2.04. The van der Waals surface area contributed by atoms with Gasteiger partial charge >= 0.3 is 0 Å². The summed E-state index contributed by atoms with van der Waals surface area (Å²) in [5, 5.41) is 20.5. The summed E-state index contributed by atoms with van der Waals surface area (Å²) in [5.74, 6) is 1.42. The third kappa shape index (κ3) is 6.37. The zero-order valence-corrected chi connectivity index (χ0v) is 14.9. The first kappa shape index (κ1) is 18.6. The van der Waals surface area contributed by atoms with E-state index in [0.717, 1.165) is 37.6 Å². The average Bonchev–Trinajstić information content (AvgIpc) is 3.12. The molecule has 1 aromatic heterocycles. The normalized spacial score (nSPS) is 11.4. The van der Waals surface area contributed by atoms with Gasteiger partial charge in [0.1, 0.15) is 0 Å². The van der Waals surface area contributed by atoms with Gasteiger partial charge < -0.3 is 20.5 Å². The van der Waals surface area contributed by atoms with Gasteiger partial charge in [-0.3, -0.25) is 4.68 Å². The molecule has 25 heavy (non-hydrogen) atoms. The molecule has 136 valence electrons. The third-order valence-electron chi connectivity index (χ3n) is 3.50. The lowest BCUT2D eigenvalue weighted by Gasteiger charge is -2.12. The Bertz CT molecular complexity index is 655. The number of hydrogen-bond donors (Lipinski definition) is 3. The molecule has 0 unspecified atom stereocenters. The van der Waals surface area contributed by atoms with Gasteiger partial charge in [0.25, 0.3) is 0 Å². The molecular weight excluding hydrogens is 318 g/mol. The molecule has 2 aromatic rings. The zero-order chi connectivity index (χ0) is 17.9. The van der Waals surface area contributed by atoms with Crippen molar-refractivity contribution in [3.63, 3.8) is 0 Å². The zero-order valence-electron chi connectivity index (χ0n) is 14.9. The number of guanidine groups is 1. The van der Waals surface area contributed by atoms with Crippen molar-refractivity contribution in [2.45, 2.75) is 33.4 Å². The van der Waals surface area contributed by atoms with Crippen molar-refractivity contribution < 1.29 is 9.84 Å². The summed E-state index contributed by atoms with van der Waals surface area (Å²) in [6.45, 7) is 7.43. The van der Waals surface area contributed by atoms with Crippen LogP contribution in [0.5, 0.6) is 11.5 Å². The number of nitrogens with zero attached hydrogens (tertiary/aromatic N) is 3. The van der Waals surface area contributed by atoms with Gasteiger partial charge in [0, 0.05) is 32.0 Å². The minimum atomic E-state index is 0.151. The minimum Gasteiger partial charge on any atom is -0.504 e. The van der Waals surface area contributed by atoms with Crippen molar-refractivity contribution in [1.29, 1.82) is 0 Å². The fourth-order valence-corrected chi connectivity index (χ4v) is 2.32. The van der Waals surface area contributed by atoms with Crippen molar-refractivity contribution >= 4 is 5.96 Å². The van der Waals surface area contributed by atoms with Crippen LogP contribution in [0.4, 0.5) is 0 Å². The van der Waals surface area contributed by atoms with Gasteiger partial charge in [-0.25, -0.2) is 4.99 Å². The van der Waals surface area contributed by atoms with Crippen LogP contribution in [0, 0.1) is 0 Å². The summed E-state index contributed by atoms with van der Waals surface area (Å²) >= 11 is 0. The highest BCUT2D eigenvalue weighted by Crippen LogP contribution is 2.27. The van der Waals surface area contributed by atoms with Crippen LogP contribution in [0.25, 0.3) is 0 Å². The Morgan fingerprint density at radius 1 is 1.32 bits per heavy atom. The SMILES string of the molecule is CCNC(=NCc1ccc(O)c(OCC)c1)NCCCn1cccn1. The van der Waals surface area contributed by atoms with Gasteiger partial charge in [-0.2, -0.15) is 5.10 Å². The second kappa shape index (κ2) is 10.2. The molecule has 2 rings (SSSR count). The molecule has 3 N–H and O–H groups in total. The van der Waals surface area contributed by atoms with Gasteiger partial charge in [-0.15, -0.1) is 0 Å². The van der Waals surface area contributed by atoms with Crippen LogP contribution in [0.1, 0.15) is 25.8 Å². The van der Waals surface area contributed by atoms with E-state index in [4.69, 9.17) is 4.74 Å². The van der Waals surface area contributed by atoms with E-state index in [1.807, 2.05) is 42.9 Å². The molecule has 7 heteroatoms. The molecule has 0 bridgehead atoms. The summed E-state index contributed by atoms with van der Waals surface area (Å²) in [4.78, 5) is 4.58. The van der Waals surface area contributed by atoms with Gasteiger partial charge in [-0.1, -0.05) is 6.07 Å². The molecule has 1 aromatic carbocycles. The Balaban J connectivity index is 1.86. The second-order valence-corrected chi connectivity index (χ2v) is 5.48. The van der Waals surface area contributed by atoms with Gasteiger partial charge in [0.15, 0.2) is 17.5 Å². The maximum Gasteiger partial charge on any atom is 0.191 e. The molecule has 0 amide bonds. The summed E-state index contributed by atoms with van der Waals surface area (Å²) in [6.07, 6.45) is 4.70. The molecule has 7 nitrogen and oxygen atoms in total. The quantitative estimate of drug-likeness (QED) is 0.368. The maximum atomic E-state index is 9.76. The first-order valence-corrected chi connectivity index (χ1v) is 8.67. The van der Waals surface area contributed by atoms with Crippen molar-refractivity contribution in [1.82, 2.24) is 20.4 Å². The van der Waals surface area contributed by atoms with E-state index in [1.165, 1.54) is 0 Å². The number of phenols is 1. The summed E-state index contributed by atoms with van der Waals surface area (Å²) in [6, 6.07) is 7.24. The van der Waals surface area contributed by atoms with Crippen LogP contribution in [0.15, 0.2) is 41.7 Å². The Morgan fingerprint density at radius 2 is 2.20 bits per heavy atom. The predicted molar refractivity (Wildman–Crippen MR) is 98.9 cm³/mol. The topological polar surface area (TPSA) is 83.7 Å². The largest absolute Gasteiger partial charge is 0.504 e. The second-order valence-electron chi connectivity index (χ2n) is 5.48. The first-order chi connectivity index (χ1) is 12.2. The summed E-state index contributed by atoms with van der Waals surface area (Å²) in [7, 11) is 0. The number of hydrogen-bond acceptors (Lipinski definition) is 4. The van der Waals surface area contributed by atoms with E-state index in [9.17, 15) is 5.11 Å². The number of aromatic nitrogens is 2. The van der Waals surface area contributed by atoms with E-state index in [-0.39, 0.29) is 5.75 Å². The molecule has 0 atom stereocenters. The lowest BCUT2D eigenvalue weighted by Crippen LogP contribution is -2.38. The Morgan fingerprint density at radius 3 is 2.92 bits per heavy atom. The number of nitrogens with one attached hydrogen (secondary N) is 2. The number of aliphatic imine (C=N–C) groups is 1. The summed E-state index contributed by atoms with van der Waals surface area (Å²) in [5.41, 5.74) is 0.981. The van der Waals surface area contributed by atoms with Gasteiger partial charge in [-0.05, 0) is 44.0 Å². The van der Waals surface area contributed by atoms with Crippen LogP contribution in [0.2, 0.25) is 0 Å². The molecule has 0 aliphatic rings. The molecule has 0 aliphatic heterocycles. The van der Waals surface area contributed by atoms with E-state index in [1.54, 1.807) is 12.3 Å². The van der Waals surface area contributed by atoms with E-state index < -0.39 is 0 Å². The monoisotopic (exact) mass is 345 g/mol. The Kier molecular flexibility index (Phi) is 7.62. The van der Waals surface area contributed by atoms with E-state index >= 15 is 0 Å². The Labute approximate surface area is 148 Å². The minimum absolute atomic E-state index is 0.151. The van der Waals surface area contributed by atoms with E-state index in [2.05, 4.69) is 20.7 Å². The highest BCUT2D eigenvalue weighted by atomic mass is 16.5. The lowest BCUT2D eigenvalue weighted by atomic mass is 10.2. The van der Waals surface area contributed by atoms with E-state index in [0.29, 0.717) is 18.9 Å². The molecule has 0 radical (unpaired) electrons. The third-order valence-corrected chi connectivity index (χ3v) is 3.50. The van der Waals surface area contributed by atoms with Crippen LogP contribution in [-0.4, -0.2) is 40.5 Å². The Hall–Kier alpha value is -2.70. The molecule has 0 aliphatic carbocycles. The van der Waals surface area contributed by atoms with Gasteiger partial charge in [0.05, 0.1) is 13.2 Å². The van der Waals surface area contributed by atoms with Crippen LogP contribution in [-0.2, 0) is 13.1 Å². The lowest BCUT2D eigenvalue weighted by molar-refractivity contribution is 0.318. The first-order valence-electron chi connectivity index (χ1n) is 8.67. The number of aromatic hydroxyl groups is 1. The van der Waals surface area contributed by atoms with Crippen molar-refractivity contribution in [3.05, 3.63) is 42.2 Å². The fourth-order valence-electron chi connectivity index (χ4n) is 2.32. The smallest absolute Gasteiger partial charge is 0.191 e. The maximum absolute atomic E-state index is 9.76. The molecular formula is C18H27N5O2. The van der Waals surface area contributed by atoms with Crippen molar-refractivity contribution in [2.24, 2.45) is 4.99 Å².